The minimum Gasteiger partial charge on any atom is -0.257 e. The molecule has 1 heterocycles. The van der Waals surface area contributed by atoms with Crippen LogP contribution in [0.5, 0.6) is 0 Å². The van der Waals surface area contributed by atoms with Crippen molar-refractivity contribution in [3.63, 3.8) is 0 Å². The Kier molecular flexibility index (Phi) is 2.14. The Morgan fingerprint density at radius 2 is 2.09 bits per heavy atom. The monoisotopic (exact) mass is 153 g/mol. The summed E-state index contributed by atoms with van der Waals surface area (Å²) < 4.78 is 0. The van der Waals surface area contributed by atoms with Crippen LogP contribution in [-0.4, -0.2) is 12.1 Å². The predicted molar refractivity (Wildman–Crippen MR) is 45.9 cm³/mol. The summed E-state index contributed by atoms with van der Waals surface area (Å²) in [5.74, 6) is 0. The van der Waals surface area contributed by atoms with E-state index in [1.165, 1.54) is 38.5 Å². The van der Waals surface area contributed by atoms with Crippen LogP contribution >= 0.6 is 0 Å². The molecule has 1 saturated carbocycles. The molecule has 0 amide bonds. The lowest BCUT2D eigenvalue weighted by molar-refractivity contribution is 0.177. The number of hydrazine groups is 1. The van der Waals surface area contributed by atoms with E-state index in [0.717, 1.165) is 6.54 Å². The van der Waals surface area contributed by atoms with Crippen LogP contribution in [0.25, 0.3) is 0 Å². The SMILES string of the molecule is [CH]1CCCC2(C1)CCCNN2. The van der Waals surface area contributed by atoms with Crippen molar-refractivity contribution in [3.8, 4) is 0 Å². The van der Waals surface area contributed by atoms with Gasteiger partial charge in [-0.25, -0.2) is 0 Å². The zero-order valence-corrected chi connectivity index (χ0v) is 7.03. The molecule has 1 atom stereocenters. The molecule has 63 valence electrons. The Balaban J connectivity index is 1.94. The summed E-state index contributed by atoms with van der Waals surface area (Å²) in [7, 11) is 0. The second kappa shape index (κ2) is 3.11. The zero-order valence-electron chi connectivity index (χ0n) is 7.03. The van der Waals surface area contributed by atoms with Crippen LogP contribution in [0.2, 0.25) is 0 Å². The average molecular weight is 153 g/mol. The van der Waals surface area contributed by atoms with Crippen LogP contribution in [0.3, 0.4) is 0 Å². The van der Waals surface area contributed by atoms with Crippen LogP contribution in [0.15, 0.2) is 0 Å². The zero-order chi connectivity index (χ0) is 7.57. The number of rotatable bonds is 0. The van der Waals surface area contributed by atoms with Gasteiger partial charge in [-0.3, -0.25) is 10.9 Å². The molecule has 2 aliphatic rings. The molecular formula is C9H17N2. The fraction of sp³-hybridized carbons (Fsp3) is 0.889. The first-order valence-electron chi connectivity index (χ1n) is 4.73. The van der Waals surface area contributed by atoms with Gasteiger partial charge in [0.1, 0.15) is 0 Å². The van der Waals surface area contributed by atoms with Crippen molar-refractivity contribution in [3.05, 3.63) is 6.42 Å². The third-order valence-electron chi connectivity index (χ3n) is 2.91. The van der Waals surface area contributed by atoms with E-state index in [9.17, 15) is 0 Å². The van der Waals surface area contributed by atoms with Crippen molar-refractivity contribution in [1.29, 1.82) is 0 Å². The second-order valence-electron chi connectivity index (χ2n) is 3.82. The van der Waals surface area contributed by atoms with Gasteiger partial charge >= 0.3 is 0 Å². The molecule has 0 aromatic carbocycles. The molecule has 2 N–H and O–H groups in total. The lowest BCUT2D eigenvalue weighted by Crippen LogP contribution is -2.57. The van der Waals surface area contributed by atoms with Crippen molar-refractivity contribution < 1.29 is 0 Å². The molecule has 2 fully saturated rings. The minimum absolute atomic E-state index is 0.441. The molecule has 11 heavy (non-hydrogen) atoms. The van der Waals surface area contributed by atoms with Crippen molar-refractivity contribution in [1.82, 2.24) is 10.9 Å². The van der Waals surface area contributed by atoms with Crippen molar-refractivity contribution in [2.45, 2.75) is 44.1 Å². The number of hydrogen-bond donors (Lipinski definition) is 2. The van der Waals surface area contributed by atoms with Crippen molar-refractivity contribution in [2.24, 2.45) is 0 Å². The molecule has 1 aliphatic heterocycles. The highest BCUT2D eigenvalue weighted by Crippen LogP contribution is 2.31. The smallest absolute Gasteiger partial charge is 0.0327 e. The van der Waals surface area contributed by atoms with E-state index in [4.69, 9.17) is 0 Å². The van der Waals surface area contributed by atoms with E-state index >= 15 is 0 Å². The summed E-state index contributed by atoms with van der Waals surface area (Å²) in [5, 5.41) is 0. The van der Waals surface area contributed by atoms with E-state index in [1.807, 2.05) is 0 Å². The molecule has 1 unspecified atom stereocenters. The Hall–Kier alpha value is -0.0800. The maximum Gasteiger partial charge on any atom is 0.0327 e. The summed E-state index contributed by atoms with van der Waals surface area (Å²) in [4.78, 5) is 0. The maximum absolute atomic E-state index is 3.45. The minimum atomic E-state index is 0.441. The summed E-state index contributed by atoms with van der Waals surface area (Å²) in [5.41, 5.74) is 7.17. The molecule has 0 bridgehead atoms. The van der Waals surface area contributed by atoms with Crippen molar-refractivity contribution >= 4 is 0 Å². The molecule has 2 rings (SSSR count). The Bertz CT molecular complexity index is 102. The van der Waals surface area contributed by atoms with Gasteiger partial charge in [-0.1, -0.05) is 12.8 Å². The Labute approximate surface area is 68.7 Å². The summed E-state index contributed by atoms with van der Waals surface area (Å²) in [6, 6.07) is 0. The standard InChI is InChI=1S/C9H17N2/c1-2-5-9(6-3-1)7-4-8-10-11-9/h2,10-11H,1,3-8H2. The van der Waals surface area contributed by atoms with E-state index in [0.29, 0.717) is 5.54 Å². The number of nitrogens with one attached hydrogen (secondary N) is 2. The van der Waals surface area contributed by atoms with Gasteiger partial charge in [0.15, 0.2) is 0 Å². The van der Waals surface area contributed by atoms with Gasteiger partial charge in [-0.05, 0) is 32.1 Å². The average Bonchev–Trinajstić information content (AvgIpc) is 2.07. The highest BCUT2D eigenvalue weighted by molar-refractivity contribution is 4.97. The molecular weight excluding hydrogens is 136 g/mol. The topological polar surface area (TPSA) is 24.1 Å². The maximum atomic E-state index is 3.45. The third kappa shape index (κ3) is 1.57. The van der Waals surface area contributed by atoms with Crippen LogP contribution in [0, 0.1) is 6.42 Å². The largest absolute Gasteiger partial charge is 0.257 e. The highest BCUT2D eigenvalue weighted by atomic mass is 15.4. The quantitative estimate of drug-likeness (QED) is 0.549. The fourth-order valence-corrected chi connectivity index (χ4v) is 2.23. The first-order valence-corrected chi connectivity index (χ1v) is 4.73. The number of hydrogen-bond acceptors (Lipinski definition) is 2. The lowest BCUT2D eigenvalue weighted by Gasteiger charge is -2.41. The van der Waals surface area contributed by atoms with Gasteiger partial charge in [-0.15, -0.1) is 0 Å². The van der Waals surface area contributed by atoms with Gasteiger partial charge < -0.3 is 0 Å². The van der Waals surface area contributed by atoms with E-state index < -0.39 is 0 Å². The summed E-state index contributed by atoms with van der Waals surface area (Å²) in [6.45, 7) is 1.14. The second-order valence-corrected chi connectivity index (χ2v) is 3.82. The molecule has 0 aromatic heterocycles. The molecule has 0 aromatic rings. The highest BCUT2D eigenvalue weighted by Gasteiger charge is 2.32. The fourth-order valence-electron chi connectivity index (χ4n) is 2.23. The van der Waals surface area contributed by atoms with Crippen molar-refractivity contribution in [2.75, 3.05) is 6.54 Å². The van der Waals surface area contributed by atoms with E-state index in [2.05, 4.69) is 17.3 Å². The van der Waals surface area contributed by atoms with Gasteiger partial charge in [0.05, 0.1) is 0 Å². The van der Waals surface area contributed by atoms with Gasteiger partial charge in [0, 0.05) is 12.1 Å². The van der Waals surface area contributed by atoms with E-state index in [-0.39, 0.29) is 0 Å². The Morgan fingerprint density at radius 1 is 1.18 bits per heavy atom. The van der Waals surface area contributed by atoms with Gasteiger partial charge in [-0.2, -0.15) is 0 Å². The predicted octanol–water partition coefficient (Wildman–Crippen LogP) is 1.39. The third-order valence-corrected chi connectivity index (χ3v) is 2.91. The van der Waals surface area contributed by atoms with Crippen LogP contribution in [-0.2, 0) is 0 Å². The molecule has 2 nitrogen and oxygen atoms in total. The van der Waals surface area contributed by atoms with Crippen LogP contribution < -0.4 is 10.9 Å². The van der Waals surface area contributed by atoms with E-state index in [1.54, 1.807) is 0 Å². The first kappa shape index (κ1) is 7.56. The Morgan fingerprint density at radius 3 is 2.73 bits per heavy atom. The lowest BCUT2D eigenvalue weighted by atomic mass is 9.78. The molecule has 1 aliphatic carbocycles. The molecule has 2 heteroatoms. The first-order chi connectivity index (χ1) is 5.41. The summed E-state index contributed by atoms with van der Waals surface area (Å²) in [6.07, 6.45) is 10.4. The van der Waals surface area contributed by atoms with Crippen LogP contribution in [0.4, 0.5) is 0 Å². The normalized spacial score (nSPS) is 30.5. The molecule has 1 spiro atoms. The van der Waals surface area contributed by atoms with Crippen LogP contribution in [0.1, 0.15) is 38.5 Å². The van der Waals surface area contributed by atoms with Gasteiger partial charge in [0.2, 0.25) is 0 Å². The summed E-state index contributed by atoms with van der Waals surface area (Å²) >= 11 is 0. The molecule has 1 radical (unpaired) electrons. The molecule has 1 saturated heterocycles. The van der Waals surface area contributed by atoms with Gasteiger partial charge in [0.25, 0.3) is 0 Å².